The molecule has 29 heavy (non-hydrogen) atoms. The second-order valence-corrected chi connectivity index (χ2v) is 8.55. The van der Waals surface area contributed by atoms with Crippen LogP contribution in [0.4, 0.5) is 0 Å². The van der Waals surface area contributed by atoms with E-state index in [4.69, 9.17) is 9.47 Å². The first kappa shape index (κ1) is 23.7. The molecule has 4 N–H and O–H groups in total. The average Bonchev–Trinajstić information content (AvgIpc) is 3.19. The van der Waals surface area contributed by atoms with Crippen LogP contribution in [0.2, 0.25) is 0 Å². The number of carbonyl (C=O) groups excluding carboxylic acids is 1. The van der Waals surface area contributed by atoms with Crippen LogP contribution < -0.4 is 10.5 Å². The van der Waals surface area contributed by atoms with Crippen LogP contribution in [0.15, 0.2) is 6.08 Å². The zero-order valence-electron chi connectivity index (χ0n) is 17.9. The van der Waals surface area contributed by atoms with Gasteiger partial charge in [0, 0.05) is 12.0 Å². The summed E-state index contributed by atoms with van der Waals surface area (Å²) in [7, 11) is 2.06. The van der Waals surface area contributed by atoms with Crippen LogP contribution in [-0.2, 0) is 9.53 Å². The van der Waals surface area contributed by atoms with Crippen LogP contribution in [-0.4, -0.2) is 69.9 Å². The Morgan fingerprint density at radius 3 is 2.86 bits per heavy atom. The number of carbonyl (C=O) groups is 1. The molecular formula is C20H36N4O4S+2. The molecule has 164 valence electrons. The molecule has 0 bridgehead atoms. The molecule has 9 heteroatoms. The van der Waals surface area contributed by atoms with E-state index in [1.54, 1.807) is 0 Å². The molecule has 1 aromatic heterocycles. The minimum absolute atomic E-state index is 0.239. The Hall–Kier alpha value is -1.55. The number of hydrogen-bond donors (Lipinski definition) is 2. The van der Waals surface area contributed by atoms with E-state index in [2.05, 4.69) is 34.5 Å². The summed E-state index contributed by atoms with van der Waals surface area (Å²) in [5.74, 6) is 0.147. The normalized spacial score (nSPS) is 21.3. The third-order valence-electron chi connectivity index (χ3n) is 5.31. The van der Waals surface area contributed by atoms with Gasteiger partial charge in [-0.15, -0.1) is 4.37 Å². The SMILES string of the molecule is CCCCCCOc1nsnc1C1=CCC[N+](C)(COC(=O)[C@@H]([NH3+])[C@H](O)CC)C1. The van der Waals surface area contributed by atoms with Crippen LogP contribution >= 0.6 is 11.7 Å². The molecule has 2 rings (SSSR count). The summed E-state index contributed by atoms with van der Waals surface area (Å²) in [6, 6.07) is -0.762. The highest BCUT2D eigenvalue weighted by Crippen LogP contribution is 2.30. The lowest BCUT2D eigenvalue weighted by atomic mass is 10.1. The fraction of sp³-hybridized carbons (Fsp3) is 0.750. The number of aliphatic hydroxyl groups excluding tert-OH is 1. The van der Waals surface area contributed by atoms with Gasteiger partial charge in [-0.3, -0.25) is 4.48 Å². The largest absolute Gasteiger partial charge is 0.475 e. The summed E-state index contributed by atoms with van der Waals surface area (Å²) in [6.07, 6.45) is 7.33. The molecule has 2 heterocycles. The third-order valence-corrected chi connectivity index (χ3v) is 5.83. The number of aromatic nitrogens is 2. The van der Waals surface area contributed by atoms with Crippen LogP contribution in [0.5, 0.6) is 5.88 Å². The topological polar surface area (TPSA) is 109 Å². The Labute approximate surface area is 177 Å². The summed E-state index contributed by atoms with van der Waals surface area (Å²) in [4.78, 5) is 12.2. The van der Waals surface area contributed by atoms with E-state index < -0.39 is 18.1 Å². The number of likely N-dealkylation sites (N-methyl/N-ethyl adjacent to an activating group) is 1. The lowest BCUT2D eigenvalue weighted by Gasteiger charge is -2.36. The first-order chi connectivity index (χ1) is 13.9. The molecule has 1 aliphatic rings. The van der Waals surface area contributed by atoms with Gasteiger partial charge in [0.25, 0.3) is 5.88 Å². The minimum atomic E-state index is -0.775. The predicted molar refractivity (Wildman–Crippen MR) is 112 cm³/mol. The summed E-state index contributed by atoms with van der Waals surface area (Å²) in [5, 5.41) is 9.81. The lowest BCUT2D eigenvalue weighted by molar-refractivity contribution is -0.919. The van der Waals surface area contributed by atoms with Crippen molar-refractivity contribution in [1.82, 2.24) is 8.75 Å². The molecule has 0 aliphatic carbocycles. The molecule has 0 aromatic carbocycles. The van der Waals surface area contributed by atoms with E-state index in [1.165, 1.54) is 12.8 Å². The van der Waals surface area contributed by atoms with Crippen molar-refractivity contribution in [3.05, 3.63) is 11.8 Å². The standard InChI is InChI=1S/C20H35N4O4S/c1-4-6-7-8-12-27-19-18(22-29-23-19)15-10-9-11-24(3,13-15)14-28-20(26)17(21)16(25)5-2/h10,16-17,25H,4-9,11-14,21H2,1-3H3/q+1/p+1/t16-,17+,24?/m1/s1. The lowest BCUT2D eigenvalue weighted by Crippen LogP contribution is -2.70. The number of aliphatic hydroxyl groups is 1. The second-order valence-electron chi connectivity index (χ2n) is 8.02. The molecule has 8 nitrogen and oxygen atoms in total. The van der Waals surface area contributed by atoms with Crippen molar-refractivity contribution in [2.75, 3.05) is 33.5 Å². The number of quaternary nitrogens is 2. The minimum Gasteiger partial charge on any atom is -0.475 e. The van der Waals surface area contributed by atoms with E-state index >= 15 is 0 Å². The average molecular weight is 429 g/mol. The molecule has 0 spiro atoms. The van der Waals surface area contributed by atoms with Crippen LogP contribution in [0.3, 0.4) is 0 Å². The summed E-state index contributed by atoms with van der Waals surface area (Å²) < 4.78 is 20.7. The quantitative estimate of drug-likeness (QED) is 0.297. The summed E-state index contributed by atoms with van der Waals surface area (Å²) >= 11 is 1.16. The summed E-state index contributed by atoms with van der Waals surface area (Å²) in [5.41, 5.74) is 5.61. The molecule has 0 fully saturated rings. The van der Waals surface area contributed by atoms with Crippen molar-refractivity contribution < 1.29 is 29.6 Å². The van der Waals surface area contributed by atoms with Gasteiger partial charge in [-0.25, -0.2) is 4.79 Å². The smallest absolute Gasteiger partial charge is 0.371 e. The molecule has 0 amide bonds. The third kappa shape index (κ3) is 7.02. The molecule has 1 aromatic rings. The summed E-state index contributed by atoms with van der Waals surface area (Å²) in [6.45, 7) is 6.44. The molecular weight excluding hydrogens is 392 g/mol. The maximum absolute atomic E-state index is 12.2. The van der Waals surface area contributed by atoms with E-state index in [0.717, 1.165) is 48.8 Å². The zero-order chi connectivity index (χ0) is 21.3. The van der Waals surface area contributed by atoms with Crippen molar-refractivity contribution in [2.24, 2.45) is 0 Å². The van der Waals surface area contributed by atoms with Gasteiger partial charge in [0.15, 0.2) is 0 Å². The van der Waals surface area contributed by atoms with Crippen molar-refractivity contribution in [3.63, 3.8) is 0 Å². The Kier molecular flexibility index (Phi) is 9.48. The van der Waals surface area contributed by atoms with Crippen molar-refractivity contribution in [3.8, 4) is 5.88 Å². The van der Waals surface area contributed by atoms with Gasteiger partial charge in [0.2, 0.25) is 12.8 Å². The zero-order valence-corrected chi connectivity index (χ0v) is 18.7. The molecule has 0 saturated heterocycles. The van der Waals surface area contributed by atoms with Gasteiger partial charge in [0.05, 0.1) is 31.9 Å². The Balaban J connectivity index is 1.92. The number of hydrogen-bond acceptors (Lipinski definition) is 7. The monoisotopic (exact) mass is 428 g/mol. The van der Waals surface area contributed by atoms with Gasteiger partial charge in [0.1, 0.15) is 18.3 Å². The van der Waals surface area contributed by atoms with Crippen molar-refractivity contribution in [2.45, 2.75) is 64.5 Å². The first-order valence-corrected chi connectivity index (χ1v) is 11.3. The van der Waals surface area contributed by atoms with Crippen molar-refractivity contribution >= 4 is 23.3 Å². The highest BCUT2D eigenvalue weighted by molar-refractivity contribution is 6.99. The fourth-order valence-electron chi connectivity index (χ4n) is 3.32. The second kappa shape index (κ2) is 11.6. The van der Waals surface area contributed by atoms with Crippen LogP contribution in [0, 0.1) is 0 Å². The predicted octanol–water partition coefficient (Wildman–Crippen LogP) is 1.61. The highest BCUT2D eigenvalue weighted by atomic mass is 32.1. The van der Waals surface area contributed by atoms with Gasteiger partial charge >= 0.3 is 5.97 Å². The Morgan fingerprint density at radius 2 is 2.14 bits per heavy atom. The molecule has 0 saturated carbocycles. The molecule has 0 radical (unpaired) electrons. The van der Waals surface area contributed by atoms with Gasteiger partial charge in [-0.1, -0.05) is 39.2 Å². The van der Waals surface area contributed by atoms with E-state index in [9.17, 15) is 9.90 Å². The van der Waals surface area contributed by atoms with Gasteiger partial charge < -0.3 is 20.3 Å². The maximum Gasteiger partial charge on any atom is 0.371 e. The molecule has 3 atom stereocenters. The van der Waals surface area contributed by atoms with E-state index in [-0.39, 0.29) is 6.73 Å². The Bertz CT molecular complexity index is 681. The first-order valence-electron chi connectivity index (χ1n) is 10.6. The van der Waals surface area contributed by atoms with Crippen LogP contribution in [0.1, 0.15) is 58.1 Å². The van der Waals surface area contributed by atoms with Crippen molar-refractivity contribution in [1.29, 1.82) is 0 Å². The van der Waals surface area contributed by atoms with E-state index in [0.29, 0.717) is 29.9 Å². The van der Waals surface area contributed by atoms with Gasteiger partial charge in [-0.05, 0) is 12.8 Å². The van der Waals surface area contributed by atoms with Crippen LogP contribution in [0.25, 0.3) is 5.57 Å². The molecule has 1 aliphatic heterocycles. The highest BCUT2D eigenvalue weighted by Gasteiger charge is 2.33. The number of unbranched alkanes of at least 4 members (excludes halogenated alkanes) is 3. The molecule has 1 unspecified atom stereocenters. The number of esters is 1. The number of rotatable bonds is 12. The van der Waals surface area contributed by atoms with Gasteiger partial charge in [-0.2, -0.15) is 4.37 Å². The number of nitrogens with zero attached hydrogens (tertiary/aromatic N) is 3. The fourth-order valence-corrected chi connectivity index (χ4v) is 3.86. The van der Waals surface area contributed by atoms with E-state index in [1.807, 2.05) is 6.92 Å². The Morgan fingerprint density at radius 1 is 1.34 bits per heavy atom. The number of ether oxygens (including phenoxy) is 2. The maximum atomic E-state index is 12.2.